The summed E-state index contributed by atoms with van der Waals surface area (Å²) in [6.07, 6.45) is 1.98. The first kappa shape index (κ1) is 22.7. The van der Waals surface area contributed by atoms with Gasteiger partial charge in [0.15, 0.2) is 0 Å². The molecule has 178 valence electrons. The number of para-hydroxylation sites is 2. The van der Waals surface area contributed by atoms with E-state index in [0.29, 0.717) is 5.56 Å². The minimum absolute atomic E-state index is 0. The van der Waals surface area contributed by atoms with Gasteiger partial charge >= 0.3 is 0 Å². The number of aromatic hydroxyl groups is 1. The summed E-state index contributed by atoms with van der Waals surface area (Å²) in [5.74, 6) is 0.948. The summed E-state index contributed by atoms with van der Waals surface area (Å²) in [4.78, 5) is 10.3. The van der Waals surface area contributed by atoms with E-state index in [-0.39, 0.29) is 26.8 Å². The molecule has 0 aliphatic heterocycles. The molecule has 7 rings (SSSR count). The second-order valence-electron chi connectivity index (χ2n) is 9.09. The Kier molecular flexibility index (Phi) is 5.50. The van der Waals surface area contributed by atoms with Crippen LogP contribution in [0.4, 0.5) is 0 Å². The van der Waals surface area contributed by atoms with Crippen LogP contribution in [0.15, 0.2) is 84.9 Å². The van der Waals surface area contributed by atoms with Crippen molar-refractivity contribution < 1.29 is 26.2 Å². The Hall–Kier alpha value is -3.75. The van der Waals surface area contributed by atoms with Crippen molar-refractivity contribution in [2.45, 2.75) is 12.8 Å². The standard InChI is InChI=1S/C31H22N3O.Pt/c1-34-26-15-8-14-25(30(26)33-31(34)24-13-6-7-16-27(24)35)29-22-12-5-4-11-21(22)23-18-17-19-9-2-3-10-20(19)28(23)32-29;/h2-9,11-16,35H,17-18H2,1H3;/q-1;. The number of rotatable bonds is 2. The molecule has 0 fully saturated rings. The van der Waals surface area contributed by atoms with Gasteiger partial charge in [0.05, 0.1) is 22.3 Å². The minimum Gasteiger partial charge on any atom is -0.507 e. The zero-order chi connectivity index (χ0) is 23.5. The molecular weight excluding hydrogens is 625 g/mol. The molecule has 1 aliphatic rings. The fraction of sp³-hybridized carbons (Fsp3) is 0.0968. The van der Waals surface area contributed by atoms with Gasteiger partial charge in [-0.15, -0.1) is 35.4 Å². The quantitative estimate of drug-likeness (QED) is 0.212. The molecule has 5 heteroatoms. The maximum absolute atomic E-state index is 10.5. The number of aromatic nitrogens is 3. The Labute approximate surface area is 223 Å². The zero-order valence-electron chi connectivity index (χ0n) is 19.6. The van der Waals surface area contributed by atoms with Crippen molar-refractivity contribution in [3.05, 3.63) is 102 Å². The monoisotopic (exact) mass is 647 g/mol. The first-order valence-electron chi connectivity index (χ1n) is 11.9. The molecule has 1 N–H and O–H groups in total. The summed E-state index contributed by atoms with van der Waals surface area (Å²) in [5.41, 5.74) is 9.21. The van der Waals surface area contributed by atoms with Crippen molar-refractivity contribution in [2.24, 2.45) is 7.05 Å². The Morgan fingerprint density at radius 2 is 1.56 bits per heavy atom. The van der Waals surface area contributed by atoms with E-state index in [9.17, 15) is 5.11 Å². The molecule has 36 heavy (non-hydrogen) atoms. The van der Waals surface area contributed by atoms with Crippen LogP contribution in [0.3, 0.4) is 0 Å². The summed E-state index contributed by atoms with van der Waals surface area (Å²) >= 11 is 0. The van der Waals surface area contributed by atoms with Gasteiger partial charge in [-0.1, -0.05) is 60.5 Å². The van der Waals surface area contributed by atoms with Crippen molar-refractivity contribution in [3.8, 4) is 39.7 Å². The third kappa shape index (κ3) is 3.32. The van der Waals surface area contributed by atoms with E-state index < -0.39 is 0 Å². The van der Waals surface area contributed by atoms with Crippen LogP contribution in [0.1, 0.15) is 11.1 Å². The first-order chi connectivity index (χ1) is 17.2. The van der Waals surface area contributed by atoms with Gasteiger partial charge < -0.3 is 9.67 Å². The SMILES string of the molecule is Cn1c(-c2ccccc2O)nc2c(-c3nc4c(c5ccccc35)CCc3ccc[c-]c3-4)cccc21.[Pt]. The van der Waals surface area contributed by atoms with Crippen molar-refractivity contribution in [1.82, 2.24) is 14.5 Å². The Balaban J connectivity index is 0.00000240. The van der Waals surface area contributed by atoms with Crippen LogP contribution in [0.25, 0.3) is 55.7 Å². The predicted octanol–water partition coefficient (Wildman–Crippen LogP) is 6.72. The summed E-state index contributed by atoms with van der Waals surface area (Å²) < 4.78 is 2.04. The molecule has 6 aromatic rings. The molecule has 4 aromatic carbocycles. The number of fused-ring (bicyclic) bond motifs is 6. The van der Waals surface area contributed by atoms with Gasteiger partial charge in [-0.3, -0.25) is 4.98 Å². The fourth-order valence-electron chi connectivity index (χ4n) is 5.45. The number of benzene rings is 4. The molecule has 4 nitrogen and oxygen atoms in total. The van der Waals surface area contributed by atoms with Crippen LogP contribution >= 0.6 is 0 Å². The van der Waals surface area contributed by atoms with Crippen molar-refractivity contribution in [3.63, 3.8) is 0 Å². The van der Waals surface area contributed by atoms with E-state index in [1.54, 1.807) is 6.07 Å². The first-order valence-corrected chi connectivity index (χ1v) is 11.9. The summed E-state index contributed by atoms with van der Waals surface area (Å²) in [5, 5.41) is 12.9. The van der Waals surface area contributed by atoms with Crippen molar-refractivity contribution in [2.75, 3.05) is 0 Å². The van der Waals surface area contributed by atoms with Crippen LogP contribution in [0.2, 0.25) is 0 Å². The van der Waals surface area contributed by atoms with Crippen LogP contribution in [0.5, 0.6) is 5.75 Å². The van der Waals surface area contributed by atoms with E-state index in [4.69, 9.17) is 9.97 Å². The Bertz CT molecular complexity index is 1790. The average molecular weight is 648 g/mol. The summed E-state index contributed by atoms with van der Waals surface area (Å²) in [6.45, 7) is 0. The molecule has 0 amide bonds. The zero-order valence-corrected chi connectivity index (χ0v) is 21.9. The number of phenolic OH excluding ortho intramolecular Hbond substituents is 1. The second kappa shape index (κ2) is 8.72. The minimum atomic E-state index is 0. The third-order valence-corrected chi connectivity index (χ3v) is 7.15. The Morgan fingerprint density at radius 1 is 0.778 bits per heavy atom. The average Bonchev–Trinajstić information content (AvgIpc) is 3.24. The van der Waals surface area contributed by atoms with Crippen molar-refractivity contribution >= 4 is 21.8 Å². The number of phenols is 1. The number of imidazole rings is 1. The normalized spacial score (nSPS) is 12.2. The number of nitrogens with zero attached hydrogens (tertiary/aromatic N) is 3. The van der Waals surface area contributed by atoms with E-state index in [2.05, 4.69) is 60.7 Å². The van der Waals surface area contributed by atoms with Gasteiger partial charge in [-0.25, -0.2) is 4.98 Å². The molecule has 2 aromatic heterocycles. The van der Waals surface area contributed by atoms with E-state index in [0.717, 1.165) is 57.6 Å². The van der Waals surface area contributed by atoms with E-state index in [1.807, 2.05) is 35.9 Å². The van der Waals surface area contributed by atoms with Gasteiger partial charge in [0.25, 0.3) is 0 Å². The summed E-state index contributed by atoms with van der Waals surface area (Å²) in [7, 11) is 1.99. The van der Waals surface area contributed by atoms with Gasteiger partial charge in [0.2, 0.25) is 0 Å². The predicted molar refractivity (Wildman–Crippen MR) is 140 cm³/mol. The molecular formula is C31H22N3OPt-. The number of aryl methyl sites for hydroxylation is 3. The third-order valence-electron chi connectivity index (χ3n) is 7.15. The molecule has 1 aliphatic carbocycles. The molecule has 0 saturated heterocycles. The number of hydrogen-bond acceptors (Lipinski definition) is 3. The molecule has 0 saturated carbocycles. The maximum Gasteiger partial charge on any atom is 0.144 e. The fourth-order valence-corrected chi connectivity index (χ4v) is 5.45. The largest absolute Gasteiger partial charge is 0.507 e. The van der Waals surface area contributed by atoms with Crippen LogP contribution < -0.4 is 0 Å². The van der Waals surface area contributed by atoms with Crippen LogP contribution in [-0.4, -0.2) is 19.6 Å². The molecule has 0 spiro atoms. The van der Waals surface area contributed by atoms with Gasteiger partial charge in [0.1, 0.15) is 11.6 Å². The smallest absolute Gasteiger partial charge is 0.144 e. The molecule has 0 atom stereocenters. The van der Waals surface area contributed by atoms with E-state index >= 15 is 0 Å². The van der Waals surface area contributed by atoms with Gasteiger partial charge in [0, 0.05) is 39.1 Å². The summed E-state index contributed by atoms with van der Waals surface area (Å²) in [6, 6.07) is 31.8. The topological polar surface area (TPSA) is 50.9 Å². The van der Waals surface area contributed by atoms with Gasteiger partial charge in [-0.05, 0) is 35.7 Å². The van der Waals surface area contributed by atoms with Crippen molar-refractivity contribution in [1.29, 1.82) is 0 Å². The number of pyridine rings is 1. The maximum atomic E-state index is 10.5. The molecule has 2 heterocycles. The number of hydrogen-bond donors (Lipinski definition) is 1. The van der Waals surface area contributed by atoms with Gasteiger partial charge in [-0.2, -0.15) is 0 Å². The molecule has 0 radical (unpaired) electrons. The van der Waals surface area contributed by atoms with Crippen LogP contribution in [-0.2, 0) is 41.0 Å². The Morgan fingerprint density at radius 3 is 2.42 bits per heavy atom. The second-order valence-corrected chi connectivity index (χ2v) is 9.09. The van der Waals surface area contributed by atoms with Crippen LogP contribution in [0, 0.1) is 6.07 Å². The molecule has 0 bridgehead atoms. The molecule has 0 unspecified atom stereocenters. The van der Waals surface area contributed by atoms with E-state index in [1.165, 1.54) is 16.5 Å².